The summed E-state index contributed by atoms with van der Waals surface area (Å²) < 4.78 is 16.7. The van der Waals surface area contributed by atoms with E-state index in [1.165, 1.54) is 32.3 Å². The Balaban J connectivity index is 2.36. The molecule has 0 aromatic heterocycles. The van der Waals surface area contributed by atoms with Crippen LogP contribution in [0.2, 0.25) is 0 Å². The van der Waals surface area contributed by atoms with Crippen molar-refractivity contribution in [3.8, 4) is 17.2 Å². The SMILES string of the molecule is COc1cc(CN(C)C(=O)C2=CC(C)(Cl)C(O)C=C2O)c(Br)c(OC)c1OC. The molecule has 2 rings (SSSR count). The third-order valence-corrected chi connectivity index (χ3v) is 5.63. The van der Waals surface area contributed by atoms with Crippen LogP contribution in [0.5, 0.6) is 17.2 Å². The van der Waals surface area contributed by atoms with Crippen molar-refractivity contribution in [3.05, 3.63) is 39.6 Å². The van der Waals surface area contributed by atoms with Crippen molar-refractivity contribution in [3.63, 3.8) is 0 Å². The number of amides is 1. The summed E-state index contributed by atoms with van der Waals surface area (Å²) in [4.78, 5) is 13.1. The number of carbonyl (C=O) groups is 1. The molecule has 0 spiro atoms. The zero-order chi connectivity index (χ0) is 21.2. The van der Waals surface area contributed by atoms with Gasteiger partial charge < -0.3 is 29.3 Å². The van der Waals surface area contributed by atoms with Gasteiger partial charge in [-0.3, -0.25) is 4.79 Å². The lowest BCUT2D eigenvalue weighted by molar-refractivity contribution is -0.126. The van der Waals surface area contributed by atoms with Crippen molar-refractivity contribution in [1.82, 2.24) is 4.90 Å². The lowest BCUT2D eigenvalue weighted by Gasteiger charge is -2.29. The monoisotopic (exact) mass is 475 g/mol. The smallest absolute Gasteiger partial charge is 0.257 e. The van der Waals surface area contributed by atoms with Crippen molar-refractivity contribution in [1.29, 1.82) is 0 Å². The molecular weight excluding hydrogens is 454 g/mol. The summed E-state index contributed by atoms with van der Waals surface area (Å²) in [5.74, 6) is 0.555. The summed E-state index contributed by atoms with van der Waals surface area (Å²) in [6, 6.07) is 1.73. The topological polar surface area (TPSA) is 88.5 Å². The fourth-order valence-corrected chi connectivity index (χ4v) is 3.59. The molecule has 9 heteroatoms. The van der Waals surface area contributed by atoms with Crippen molar-refractivity contribution in [2.45, 2.75) is 24.4 Å². The number of carbonyl (C=O) groups excluding carboxylic acids is 1. The van der Waals surface area contributed by atoms with Crippen molar-refractivity contribution < 1.29 is 29.2 Å². The van der Waals surface area contributed by atoms with E-state index in [2.05, 4.69) is 15.9 Å². The minimum Gasteiger partial charge on any atom is -0.507 e. The maximum atomic E-state index is 12.9. The molecule has 2 atom stereocenters. The van der Waals surface area contributed by atoms with Gasteiger partial charge in [0.05, 0.1) is 42.4 Å². The fourth-order valence-electron chi connectivity index (χ4n) is 2.83. The van der Waals surface area contributed by atoms with Crippen LogP contribution >= 0.6 is 27.5 Å². The van der Waals surface area contributed by atoms with Gasteiger partial charge in [-0.15, -0.1) is 11.6 Å². The van der Waals surface area contributed by atoms with E-state index in [1.807, 2.05) is 0 Å². The van der Waals surface area contributed by atoms with Crippen LogP contribution in [0.1, 0.15) is 12.5 Å². The number of halogens is 2. The highest BCUT2D eigenvalue weighted by molar-refractivity contribution is 9.10. The molecule has 1 amide bonds. The van der Waals surface area contributed by atoms with E-state index < -0.39 is 16.9 Å². The van der Waals surface area contributed by atoms with Gasteiger partial charge in [0.15, 0.2) is 11.5 Å². The van der Waals surface area contributed by atoms with E-state index in [1.54, 1.807) is 20.0 Å². The third-order valence-electron chi connectivity index (χ3n) is 4.43. The molecule has 0 radical (unpaired) electrons. The average molecular weight is 477 g/mol. The quantitative estimate of drug-likeness (QED) is 0.613. The number of rotatable bonds is 6. The van der Waals surface area contributed by atoms with Crippen LogP contribution in [0, 0.1) is 0 Å². The highest BCUT2D eigenvalue weighted by Crippen LogP contribution is 2.45. The Morgan fingerprint density at radius 1 is 1.29 bits per heavy atom. The molecule has 0 heterocycles. The molecule has 1 aliphatic carbocycles. The van der Waals surface area contributed by atoms with Gasteiger partial charge in [0, 0.05) is 13.6 Å². The summed E-state index contributed by atoms with van der Waals surface area (Å²) in [5, 5.41) is 20.0. The lowest BCUT2D eigenvalue weighted by Crippen LogP contribution is -2.37. The molecule has 154 valence electrons. The second-order valence-electron chi connectivity index (χ2n) is 6.49. The maximum absolute atomic E-state index is 12.9. The summed E-state index contributed by atoms with van der Waals surface area (Å²) >= 11 is 9.70. The molecule has 0 saturated heterocycles. The number of aliphatic hydroxyl groups excluding tert-OH is 2. The van der Waals surface area contributed by atoms with E-state index in [4.69, 9.17) is 25.8 Å². The molecule has 1 aromatic rings. The number of nitrogens with zero attached hydrogens (tertiary/aromatic N) is 1. The van der Waals surface area contributed by atoms with Crippen LogP contribution in [-0.2, 0) is 11.3 Å². The largest absolute Gasteiger partial charge is 0.507 e. The number of likely N-dealkylation sites (N-methyl/N-ethyl adjacent to an activating group) is 1. The molecule has 28 heavy (non-hydrogen) atoms. The van der Waals surface area contributed by atoms with Gasteiger partial charge in [0.2, 0.25) is 5.75 Å². The van der Waals surface area contributed by atoms with E-state index >= 15 is 0 Å². The second kappa shape index (κ2) is 8.63. The van der Waals surface area contributed by atoms with Gasteiger partial charge in [0.25, 0.3) is 5.91 Å². The number of ether oxygens (including phenoxy) is 3. The van der Waals surface area contributed by atoms with Crippen LogP contribution in [0.25, 0.3) is 0 Å². The summed E-state index contributed by atoms with van der Waals surface area (Å²) in [6.07, 6.45) is 1.42. The Morgan fingerprint density at radius 2 is 1.89 bits per heavy atom. The Bertz CT molecular complexity index is 836. The number of alkyl halides is 1. The summed E-state index contributed by atoms with van der Waals surface area (Å²) in [6.45, 7) is 1.74. The van der Waals surface area contributed by atoms with E-state index in [9.17, 15) is 15.0 Å². The summed E-state index contributed by atoms with van der Waals surface area (Å²) in [7, 11) is 6.10. The third kappa shape index (κ3) is 4.24. The zero-order valence-electron chi connectivity index (χ0n) is 16.2. The average Bonchev–Trinajstić information content (AvgIpc) is 2.65. The highest BCUT2D eigenvalue weighted by atomic mass is 79.9. The minimum atomic E-state index is -1.19. The Morgan fingerprint density at radius 3 is 2.43 bits per heavy atom. The van der Waals surface area contributed by atoms with Gasteiger partial charge in [0.1, 0.15) is 5.76 Å². The number of aliphatic hydroxyl groups is 2. The predicted octanol–water partition coefficient (Wildman–Crippen LogP) is 3.17. The Hall–Kier alpha value is -1.90. The lowest BCUT2D eigenvalue weighted by atomic mass is 9.92. The molecule has 0 saturated carbocycles. The highest BCUT2D eigenvalue weighted by Gasteiger charge is 2.35. The van der Waals surface area contributed by atoms with Gasteiger partial charge >= 0.3 is 0 Å². The van der Waals surface area contributed by atoms with Gasteiger partial charge in [-0.05, 0) is 46.6 Å². The molecule has 2 N–H and O–H groups in total. The standard InChI is InChI=1S/C19H23BrClNO6/c1-19(21)8-11(12(23)7-14(19)24)18(25)22(2)9-10-6-13(26-3)16(27-4)17(28-5)15(10)20/h6-8,14,23-24H,9H2,1-5H3. The van der Waals surface area contributed by atoms with Crippen LogP contribution in [0.3, 0.4) is 0 Å². The molecule has 1 aromatic carbocycles. The summed E-state index contributed by atoms with van der Waals surface area (Å²) in [5.41, 5.74) is 0.729. The first kappa shape index (κ1) is 22.4. The van der Waals surface area contributed by atoms with Crippen molar-refractivity contribution in [2.75, 3.05) is 28.4 Å². The van der Waals surface area contributed by atoms with E-state index in [0.29, 0.717) is 27.3 Å². The number of hydrogen-bond acceptors (Lipinski definition) is 6. The number of methoxy groups -OCH3 is 3. The maximum Gasteiger partial charge on any atom is 0.257 e. The van der Waals surface area contributed by atoms with Crippen LogP contribution in [0.4, 0.5) is 0 Å². The molecule has 0 fully saturated rings. The van der Waals surface area contributed by atoms with Crippen LogP contribution in [0.15, 0.2) is 34.0 Å². The molecule has 2 unspecified atom stereocenters. The zero-order valence-corrected chi connectivity index (χ0v) is 18.6. The molecule has 0 bridgehead atoms. The van der Waals surface area contributed by atoms with Gasteiger partial charge in [-0.1, -0.05) is 0 Å². The Labute approximate surface area is 177 Å². The molecular formula is C19H23BrClNO6. The van der Waals surface area contributed by atoms with Crippen LogP contribution < -0.4 is 14.2 Å². The van der Waals surface area contributed by atoms with Gasteiger partial charge in [-0.2, -0.15) is 0 Å². The normalized spacial score (nSPS) is 21.5. The molecule has 7 nitrogen and oxygen atoms in total. The predicted molar refractivity (Wildman–Crippen MR) is 109 cm³/mol. The minimum absolute atomic E-state index is 0.0221. The van der Waals surface area contributed by atoms with Crippen molar-refractivity contribution in [2.24, 2.45) is 0 Å². The fraction of sp³-hybridized carbons (Fsp3) is 0.421. The number of hydrogen-bond donors (Lipinski definition) is 2. The Kier molecular flexibility index (Phi) is 6.90. The number of benzene rings is 1. The van der Waals surface area contributed by atoms with Gasteiger partial charge in [-0.25, -0.2) is 0 Å². The first-order valence-corrected chi connectivity index (χ1v) is 9.48. The first-order chi connectivity index (χ1) is 13.1. The second-order valence-corrected chi connectivity index (χ2v) is 8.09. The van der Waals surface area contributed by atoms with E-state index in [-0.39, 0.29) is 17.9 Å². The first-order valence-electron chi connectivity index (χ1n) is 8.31. The van der Waals surface area contributed by atoms with Crippen LogP contribution in [-0.4, -0.2) is 60.4 Å². The van der Waals surface area contributed by atoms with E-state index in [0.717, 1.165) is 6.08 Å². The molecule has 0 aliphatic heterocycles. The molecule has 1 aliphatic rings. The van der Waals surface area contributed by atoms with Crippen molar-refractivity contribution >= 4 is 33.4 Å².